The Morgan fingerprint density at radius 2 is 2.21 bits per heavy atom. The van der Waals surface area contributed by atoms with E-state index in [0.717, 1.165) is 0 Å². The van der Waals surface area contributed by atoms with E-state index in [1.165, 1.54) is 12.3 Å². The van der Waals surface area contributed by atoms with Gasteiger partial charge in [-0.25, -0.2) is 9.49 Å². The van der Waals surface area contributed by atoms with Crippen LogP contribution in [0, 0.1) is 5.82 Å². The number of aromatic amines is 1. The molecule has 0 aliphatic heterocycles. The predicted octanol–water partition coefficient (Wildman–Crippen LogP) is 2.40. The van der Waals surface area contributed by atoms with Gasteiger partial charge in [0.05, 0.1) is 11.9 Å². The standard InChI is InChI=1S/C12H10ClFN4O/c1-7(8-4-2-3-5-9(8)14)16-17-10-6-15-18-12(19)11(10)13/h2-6H,1H3,(H2,17,18,19)/b16-7-. The molecule has 2 rings (SSSR count). The van der Waals surface area contributed by atoms with Crippen molar-refractivity contribution >= 4 is 23.0 Å². The average Bonchev–Trinajstić information content (AvgIpc) is 2.40. The van der Waals surface area contributed by atoms with Gasteiger partial charge in [0.25, 0.3) is 5.56 Å². The average molecular weight is 281 g/mol. The Labute approximate surface area is 113 Å². The molecule has 5 nitrogen and oxygen atoms in total. The quantitative estimate of drug-likeness (QED) is 0.670. The fourth-order valence-electron chi connectivity index (χ4n) is 1.42. The molecule has 1 aromatic carbocycles. The third-order valence-corrected chi connectivity index (χ3v) is 2.78. The number of rotatable bonds is 3. The molecule has 98 valence electrons. The van der Waals surface area contributed by atoms with E-state index in [1.54, 1.807) is 25.1 Å². The summed E-state index contributed by atoms with van der Waals surface area (Å²) in [7, 11) is 0. The van der Waals surface area contributed by atoms with Crippen molar-refractivity contribution in [2.75, 3.05) is 5.43 Å². The summed E-state index contributed by atoms with van der Waals surface area (Å²) < 4.78 is 13.5. The van der Waals surface area contributed by atoms with E-state index in [9.17, 15) is 9.18 Å². The Morgan fingerprint density at radius 3 is 2.95 bits per heavy atom. The third-order valence-electron chi connectivity index (χ3n) is 2.40. The minimum absolute atomic E-state index is 0.0555. The maximum Gasteiger partial charge on any atom is 0.285 e. The van der Waals surface area contributed by atoms with Crippen LogP contribution in [0.3, 0.4) is 0 Å². The normalized spacial score (nSPS) is 11.4. The molecule has 7 heteroatoms. The molecule has 0 saturated heterocycles. The largest absolute Gasteiger partial charge is 0.285 e. The van der Waals surface area contributed by atoms with E-state index in [1.807, 2.05) is 0 Å². The molecule has 1 heterocycles. The second-order valence-electron chi connectivity index (χ2n) is 3.72. The number of nitrogens with one attached hydrogen (secondary N) is 2. The first-order chi connectivity index (χ1) is 9.09. The number of halogens is 2. The predicted molar refractivity (Wildman–Crippen MR) is 72.1 cm³/mol. The molecule has 1 aromatic heterocycles. The number of aromatic nitrogens is 2. The van der Waals surface area contributed by atoms with Gasteiger partial charge in [-0.05, 0) is 13.0 Å². The lowest BCUT2D eigenvalue weighted by Crippen LogP contribution is -2.11. The molecular formula is C12H10ClFN4O. The zero-order valence-corrected chi connectivity index (χ0v) is 10.7. The lowest BCUT2D eigenvalue weighted by atomic mass is 10.1. The molecule has 0 radical (unpaired) electrons. The molecule has 2 N–H and O–H groups in total. The first kappa shape index (κ1) is 13.2. The molecule has 0 spiro atoms. The van der Waals surface area contributed by atoms with E-state index in [4.69, 9.17) is 11.6 Å². The van der Waals surface area contributed by atoms with Crippen LogP contribution in [0.1, 0.15) is 12.5 Å². The van der Waals surface area contributed by atoms with E-state index in [0.29, 0.717) is 11.3 Å². The van der Waals surface area contributed by atoms with Crippen molar-refractivity contribution < 1.29 is 4.39 Å². The van der Waals surface area contributed by atoms with Crippen molar-refractivity contribution in [3.05, 3.63) is 57.2 Å². The van der Waals surface area contributed by atoms with Crippen molar-refractivity contribution in [3.8, 4) is 0 Å². The number of H-pyrrole nitrogens is 1. The van der Waals surface area contributed by atoms with Crippen LogP contribution in [0.2, 0.25) is 5.02 Å². The van der Waals surface area contributed by atoms with E-state index < -0.39 is 5.56 Å². The number of benzene rings is 1. The molecule has 0 saturated carbocycles. The van der Waals surface area contributed by atoms with Crippen molar-refractivity contribution in [2.24, 2.45) is 5.10 Å². The summed E-state index contributed by atoms with van der Waals surface area (Å²) in [4.78, 5) is 11.2. The molecule has 19 heavy (non-hydrogen) atoms. The fraction of sp³-hybridized carbons (Fsp3) is 0.0833. The molecule has 0 unspecified atom stereocenters. The van der Waals surface area contributed by atoms with Crippen LogP contribution in [0.15, 0.2) is 40.4 Å². The van der Waals surface area contributed by atoms with Crippen molar-refractivity contribution in [1.82, 2.24) is 10.2 Å². The van der Waals surface area contributed by atoms with Crippen molar-refractivity contribution in [1.29, 1.82) is 0 Å². The van der Waals surface area contributed by atoms with Gasteiger partial charge in [0.15, 0.2) is 0 Å². The summed E-state index contributed by atoms with van der Waals surface area (Å²) in [6.45, 7) is 1.64. The smallest absolute Gasteiger partial charge is 0.275 e. The Bertz CT molecular complexity index is 683. The Morgan fingerprint density at radius 1 is 1.47 bits per heavy atom. The molecule has 0 aliphatic carbocycles. The first-order valence-electron chi connectivity index (χ1n) is 5.38. The zero-order chi connectivity index (χ0) is 13.8. The van der Waals surface area contributed by atoms with Gasteiger partial charge in [-0.1, -0.05) is 29.8 Å². The summed E-state index contributed by atoms with van der Waals surface area (Å²) in [6.07, 6.45) is 1.32. The van der Waals surface area contributed by atoms with E-state index >= 15 is 0 Å². The van der Waals surface area contributed by atoms with Crippen molar-refractivity contribution in [2.45, 2.75) is 6.92 Å². The van der Waals surface area contributed by atoms with Gasteiger partial charge in [0.2, 0.25) is 0 Å². The summed E-state index contributed by atoms with van der Waals surface area (Å²) >= 11 is 5.76. The maximum absolute atomic E-state index is 13.5. The van der Waals surface area contributed by atoms with E-state index in [2.05, 4.69) is 20.7 Å². The first-order valence-corrected chi connectivity index (χ1v) is 5.76. The summed E-state index contributed by atoms with van der Waals surface area (Å²) in [5, 5.41) is 9.69. The molecule has 0 bridgehead atoms. The van der Waals surface area contributed by atoms with E-state index in [-0.39, 0.29) is 16.5 Å². The second kappa shape index (κ2) is 5.62. The molecule has 0 atom stereocenters. The molecule has 0 aliphatic rings. The lowest BCUT2D eigenvalue weighted by molar-refractivity contribution is 0.625. The number of nitrogens with zero attached hydrogens (tertiary/aromatic N) is 2. The monoisotopic (exact) mass is 280 g/mol. The van der Waals surface area contributed by atoms with Crippen LogP contribution in [-0.4, -0.2) is 15.9 Å². The fourth-order valence-corrected chi connectivity index (χ4v) is 1.55. The highest BCUT2D eigenvalue weighted by Gasteiger charge is 2.06. The third kappa shape index (κ3) is 2.97. The van der Waals surface area contributed by atoms with Crippen LogP contribution in [0.25, 0.3) is 0 Å². The maximum atomic E-state index is 13.5. The second-order valence-corrected chi connectivity index (χ2v) is 4.09. The Balaban J connectivity index is 2.26. The minimum atomic E-state index is -0.523. The zero-order valence-electron chi connectivity index (χ0n) is 9.95. The molecule has 0 amide bonds. The van der Waals surface area contributed by atoms with Gasteiger partial charge in [0, 0.05) is 5.56 Å². The van der Waals surface area contributed by atoms with Crippen molar-refractivity contribution in [3.63, 3.8) is 0 Å². The van der Waals surface area contributed by atoms with Gasteiger partial charge < -0.3 is 0 Å². The minimum Gasteiger partial charge on any atom is -0.275 e. The van der Waals surface area contributed by atoms with Crippen LogP contribution < -0.4 is 11.0 Å². The van der Waals surface area contributed by atoms with Crippen LogP contribution in [0.5, 0.6) is 0 Å². The Kier molecular flexibility index (Phi) is 3.91. The lowest BCUT2D eigenvalue weighted by Gasteiger charge is -2.05. The molecular weight excluding hydrogens is 271 g/mol. The van der Waals surface area contributed by atoms with Gasteiger partial charge >= 0.3 is 0 Å². The van der Waals surface area contributed by atoms with Gasteiger partial charge in [-0.15, -0.1) is 0 Å². The summed E-state index contributed by atoms with van der Waals surface area (Å²) in [5.74, 6) is -0.374. The number of hydrogen-bond acceptors (Lipinski definition) is 4. The van der Waals surface area contributed by atoms with Gasteiger partial charge in [0.1, 0.15) is 16.5 Å². The molecule has 2 aromatic rings. The van der Waals surface area contributed by atoms with Gasteiger partial charge in [-0.3, -0.25) is 10.2 Å². The highest BCUT2D eigenvalue weighted by molar-refractivity contribution is 6.32. The topological polar surface area (TPSA) is 70.1 Å². The molecule has 0 fully saturated rings. The summed E-state index contributed by atoms with van der Waals surface area (Å²) in [5.41, 5.74) is 3.10. The number of anilines is 1. The SMILES string of the molecule is C/C(=N/Nc1cn[nH]c(=O)c1Cl)c1ccccc1F. The van der Waals surface area contributed by atoms with Crippen LogP contribution >= 0.6 is 11.6 Å². The number of hydrazone groups is 1. The van der Waals surface area contributed by atoms with Gasteiger partial charge in [-0.2, -0.15) is 10.2 Å². The summed E-state index contributed by atoms with van der Waals surface area (Å²) in [6, 6.07) is 6.25. The number of hydrogen-bond donors (Lipinski definition) is 2. The highest BCUT2D eigenvalue weighted by Crippen LogP contribution is 2.15. The highest BCUT2D eigenvalue weighted by atomic mass is 35.5. The van der Waals surface area contributed by atoms with Crippen LogP contribution in [-0.2, 0) is 0 Å². The Hall–Kier alpha value is -2.21. The van der Waals surface area contributed by atoms with Crippen LogP contribution in [0.4, 0.5) is 10.1 Å².